The normalized spacial score (nSPS) is 10.7. The molecule has 2 aromatic rings. The third-order valence-corrected chi connectivity index (χ3v) is 3.01. The number of rotatable bonds is 7. The Kier molecular flexibility index (Phi) is 5.48. The molecule has 0 bridgehead atoms. The number of benzene rings is 1. The predicted molar refractivity (Wildman–Crippen MR) is 82.3 cm³/mol. The van der Waals surface area contributed by atoms with Gasteiger partial charge in [-0.25, -0.2) is 4.79 Å². The van der Waals surface area contributed by atoms with Crippen molar-refractivity contribution in [1.82, 2.24) is 15.1 Å². The Morgan fingerprint density at radius 3 is 2.68 bits per heavy atom. The van der Waals surface area contributed by atoms with Crippen LogP contribution in [-0.4, -0.2) is 33.3 Å². The van der Waals surface area contributed by atoms with Crippen molar-refractivity contribution in [2.75, 3.05) is 6.54 Å². The standard InChI is InChI=1S/C16H17N3O3/c20-15(17-9-1-11-19-12-2-10-18-19)8-5-13-3-6-14(7-4-13)16(21)22/h2-8,10,12H,1,9,11H2,(H,17,20)(H,21,22). The van der Waals surface area contributed by atoms with Crippen LogP contribution in [0.25, 0.3) is 6.08 Å². The minimum absolute atomic E-state index is 0.178. The fourth-order valence-electron chi connectivity index (χ4n) is 1.85. The summed E-state index contributed by atoms with van der Waals surface area (Å²) in [5.41, 5.74) is 0.997. The van der Waals surface area contributed by atoms with Crippen molar-refractivity contribution >= 4 is 18.0 Å². The summed E-state index contributed by atoms with van der Waals surface area (Å²) >= 11 is 0. The Morgan fingerprint density at radius 1 is 1.27 bits per heavy atom. The number of hydrogen-bond donors (Lipinski definition) is 2. The molecule has 0 saturated carbocycles. The van der Waals surface area contributed by atoms with E-state index in [0.717, 1.165) is 18.5 Å². The van der Waals surface area contributed by atoms with Gasteiger partial charge in [0.25, 0.3) is 0 Å². The summed E-state index contributed by atoms with van der Waals surface area (Å²) in [7, 11) is 0. The summed E-state index contributed by atoms with van der Waals surface area (Å²) in [5, 5.41) is 15.7. The zero-order chi connectivity index (χ0) is 15.8. The Bertz CT molecular complexity index is 646. The van der Waals surface area contributed by atoms with Crippen LogP contribution >= 0.6 is 0 Å². The van der Waals surface area contributed by atoms with Crippen LogP contribution in [0.5, 0.6) is 0 Å². The van der Waals surface area contributed by atoms with Crippen LogP contribution in [-0.2, 0) is 11.3 Å². The molecule has 1 aromatic heterocycles. The van der Waals surface area contributed by atoms with E-state index >= 15 is 0 Å². The zero-order valence-corrected chi connectivity index (χ0v) is 12.0. The van der Waals surface area contributed by atoms with Gasteiger partial charge in [-0.05, 0) is 36.3 Å². The van der Waals surface area contributed by atoms with Crippen molar-refractivity contribution in [1.29, 1.82) is 0 Å². The van der Waals surface area contributed by atoms with Gasteiger partial charge in [0.2, 0.25) is 5.91 Å². The second-order valence-electron chi connectivity index (χ2n) is 4.67. The lowest BCUT2D eigenvalue weighted by Crippen LogP contribution is -2.23. The maximum Gasteiger partial charge on any atom is 0.335 e. The topological polar surface area (TPSA) is 84.2 Å². The lowest BCUT2D eigenvalue weighted by molar-refractivity contribution is -0.116. The monoisotopic (exact) mass is 299 g/mol. The van der Waals surface area contributed by atoms with Gasteiger partial charge in [-0.3, -0.25) is 9.48 Å². The van der Waals surface area contributed by atoms with E-state index in [9.17, 15) is 9.59 Å². The van der Waals surface area contributed by atoms with Crippen LogP contribution in [0.4, 0.5) is 0 Å². The molecule has 1 heterocycles. The zero-order valence-electron chi connectivity index (χ0n) is 12.0. The number of aromatic nitrogens is 2. The first-order chi connectivity index (χ1) is 10.6. The van der Waals surface area contributed by atoms with Crippen LogP contribution in [0, 0.1) is 0 Å². The molecule has 2 N–H and O–H groups in total. The van der Waals surface area contributed by atoms with Crippen molar-refractivity contribution in [3.63, 3.8) is 0 Å². The summed E-state index contributed by atoms with van der Waals surface area (Å²) < 4.78 is 1.81. The molecule has 2 rings (SSSR count). The average Bonchev–Trinajstić information content (AvgIpc) is 3.03. The predicted octanol–water partition coefficient (Wildman–Crippen LogP) is 1.80. The molecular weight excluding hydrogens is 282 g/mol. The summed E-state index contributed by atoms with van der Waals surface area (Å²) in [4.78, 5) is 22.4. The first-order valence-corrected chi connectivity index (χ1v) is 6.92. The number of carbonyl (C=O) groups excluding carboxylic acids is 1. The van der Waals surface area contributed by atoms with Crippen LogP contribution in [0.2, 0.25) is 0 Å². The summed E-state index contributed by atoms with van der Waals surface area (Å²) in [5.74, 6) is -1.15. The van der Waals surface area contributed by atoms with Crippen LogP contribution in [0.15, 0.2) is 48.8 Å². The minimum atomic E-state index is -0.967. The molecule has 1 amide bonds. The second-order valence-corrected chi connectivity index (χ2v) is 4.67. The molecule has 0 saturated heterocycles. The van der Waals surface area contributed by atoms with Gasteiger partial charge in [-0.1, -0.05) is 12.1 Å². The molecule has 0 aliphatic heterocycles. The van der Waals surface area contributed by atoms with Crippen molar-refractivity contribution in [3.8, 4) is 0 Å². The van der Waals surface area contributed by atoms with E-state index < -0.39 is 5.97 Å². The first-order valence-electron chi connectivity index (χ1n) is 6.92. The largest absolute Gasteiger partial charge is 0.478 e. The highest BCUT2D eigenvalue weighted by Crippen LogP contribution is 2.06. The number of carbonyl (C=O) groups is 2. The number of carboxylic acid groups (broad SMARTS) is 1. The smallest absolute Gasteiger partial charge is 0.335 e. The molecule has 6 nitrogen and oxygen atoms in total. The maximum atomic E-state index is 11.6. The van der Waals surface area contributed by atoms with E-state index in [1.165, 1.54) is 18.2 Å². The fourth-order valence-corrected chi connectivity index (χ4v) is 1.85. The van der Waals surface area contributed by atoms with Crippen molar-refractivity contribution < 1.29 is 14.7 Å². The highest BCUT2D eigenvalue weighted by molar-refractivity contribution is 5.92. The third-order valence-electron chi connectivity index (χ3n) is 3.01. The van der Waals surface area contributed by atoms with E-state index in [1.807, 2.05) is 16.9 Å². The highest BCUT2D eigenvalue weighted by atomic mass is 16.4. The summed E-state index contributed by atoms with van der Waals surface area (Å²) in [6.07, 6.45) is 7.48. The minimum Gasteiger partial charge on any atom is -0.478 e. The molecule has 0 fully saturated rings. The Labute approximate surface area is 128 Å². The SMILES string of the molecule is O=C(C=Cc1ccc(C(=O)O)cc1)NCCCn1cccn1. The number of hydrogen-bond acceptors (Lipinski definition) is 3. The number of nitrogens with one attached hydrogen (secondary N) is 1. The Balaban J connectivity index is 1.72. The van der Waals surface area contributed by atoms with Crippen molar-refractivity contribution in [3.05, 3.63) is 59.9 Å². The van der Waals surface area contributed by atoms with Gasteiger partial charge < -0.3 is 10.4 Å². The Morgan fingerprint density at radius 2 is 2.05 bits per heavy atom. The molecule has 22 heavy (non-hydrogen) atoms. The lowest BCUT2D eigenvalue weighted by Gasteiger charge is -2.02. The van der Waals surface area contributed by atoms with Crippen LogP contribution < -0.4 is 5.32 Å². The molecule has 0 spiro atoms. The van der Waals surface area contributed by atoms with Gasteiger partial charge >= 0.3 is 5.97 Å². The second kappa shape index (κ2) is 7.78. The fraction of sp³-hybridized carbons (Fsp3) is 0.188. The van der Waals surface area contributed by atoms with Gasteiger partial charge in [-0.15, -0.1) is 0 Å². The molecule has 0 atom stereocenters. The van der Waals surface area contributed by atoms with E-state index in [-0.39, 0.29) is 11.5 Å². The maximum absolute atomic E-state index is 11.6. The first kappa shape index (κ1) is 15.5. The van der Waals surface area contributed by atoms with Gasteiger partial charge in [0.1, 0.15) is 0 Å². The van der Waals surface area contributed by atoms with Crippen molar-refractivity contribution in [2.24, 2.45) is 0 Å². The van der Waals surface area contributed by atoms with E-state index in [0.29, 0.717) is 6.54 Å². The number of nitrogens with zero attached hydrogens (tertiary/aromatic N) is 2. The number of aryl methyl sites for hydroxylation is 1. The van der Waals surface area contributed by atoms with Crippen molar-refractivity contribution in [2.45, 2.75) is 13.0 Å². The van der Waals surface area contributed by atoms with Crippen LogP contribution in [0.1, 0.15) is 22.3 Å². The summed E-state index contributed by atoms with van der Waals surface area (Å²) in [6, 6.07) is 8.18. The average molecular weight is 299 g/mol. The van der Waals surface area contributed by atoms with Gasteiger partial charge in [-0.2, -0.15) is 5.10 Å². The molecule has 0 unspecified atom stereocenters. The quantitative estimate of drug-likeness (QED) is 0.603. The molecule has 1 aromatic carbocycles. The van der Waals surface area contributed by atoms with Gasteiger partial charge in [0.15, 0.2) is 0 Å². The Hall–Kier alpha value is -2.89. The lowest BCUT2D eigenvalue weighted by atomic mass is 10.1. The van der Waals surface area contributed by atoms with E-state index in [2.05, 4.69) is 10.4 Å². The van der Waals surface area contributed by atoms with E-state index in [4.69, 9.17) is 5.11 Å². The number of amides is 1. The molecular formula is C16H17N3O3. The molecule has 0 aliphatic carbocycles. The molecule has 114 valence electrons. The number of aromatic carboxylic acids is 1. The molecule has 0 aliphatic rings. The highest BCUT2D eigenvalue weighted by Gasteiger charge is 2.00. The third kappa shape index (κ3) is 4.90. The molecule has 6 heteroatoms. The van der Waals surface area contributed by atoms with Gasteiger partial charge in [0, 0.05) is 31.6 Å². The van der Waals surface area contributed by atoms with Gasteiger partial charge in [0.05, 0.1) is 5.56 Å². The van der Waals surface area contributed by atoms with E-state index in [1.54, 1.807) is 24.4 Å². The molecule has 0 radical (unpaired) electrons. The number of carboxylic acids is 1. The van der Waals surface area contributed by atoms with Crippen LogP contribution in [0.3, 0.4) is 0 Å². The summed E-state index contributed by atoms with van der Waals surface area (Å²) in [6.45, 7) is 1.33.